The van der Waals surface area contributed by atoms with Crippen LogP contribution in [0.4, 0.5) is 0 Å². The van der Waals surface area contributed by atoms with E-state index in [1.165, 1.54) is 10.6 Å². The number of hydrogen-bond donors (Lipinski definition) is 1. The average Bonchev–Trinajstić information content (AvgIpc) is 3.13. The Morgan fingerprint density at radius 1 is 1.28 bits per heavy atom. The van der Waals surface area contributed by atoms with Crippen molar-refractivity contribution in [1.82, 2.24) is 19.8 Å². The quantitative estimate of drug-likeness (QED) is 0.695. The summed E-state index contributed by atoms with van der Waals surface area (Å²) in [5, 5.41) is 7.21. The third-order valence-corrected chi connectivity index (χ3v) is 8.64. The fourth-order valence-electron chi connectivity index (χ4n) is 5.52. The van der Waals surface area contributed by atoms with Crippen LogP contribution < -0.4 is 10.1 Å². The van der Waals surface area contributed by atoms with Crippen molar-refractivity contribution in [3.05, 3.63) is 41.5 Å². The highest BCUT2D eigenvalue weighted by Crippen LogP contribution is 2.52. The van der Waals surface area contributed by atoms with Crippen LogP contribution in [0.5, 0.6) is 5.75 Å². The Morgan fingerprint density at radius 3 is 2.56 bits per heavy atom. The van der Waals surface area contributed by atoms with Gasteiger partial charge in [-0.05, 0) is 56.2 Å². The minimum absolute atomic E-state index is 0.0125. The summed E-state index contributed by atoms with van der Waals surface area (Å²) >= 11 is 0. The van der Waals surface area contributed by atoms with Gasteiger partial charge in [-0.25, -0.2) is 12.7 Å². The highest BCUT2D eigenvalue weighted by molar-refractivity contribution is 7.88. The van der Waals surface area contributed by atoms with Crippen LogP contribution in [0.2, 0.25) is 0 Å². The van der Waals surface area contributed by atoms with Gasteiger partial charge in [-0.15, -0.1) is 0 Å². The molecule has 1 aromatic carbocycles. The number of sulfonamides is 1. The Bertz CT molecular complexity index is 1140. The molecule has 2 aromatic rings. The number of aryl methyl sites for hydroxylation is 1. The Hall–Kier alpha value is -2.46. The topological polar surface area (TPSA) is 115 Å². The lowest BCUT2D eigenvalue weighted by Crippen LogP contribution is -2.43. The molecular formula is C22H28N4O5S. The van der Waals surface area contributed by atoms with Crippen LogP contribution in [0.3, 0.4) is 0 Å². The number of nitrogens with one attached hydrogen (secondary N) is 1. The number of methoxy groups -OCH3 is 1. The van der Waals surface area contributed by atoms with Crippen molar-refractivity contribution in [2.45, 2.75) is 49.5 Å². The van der Waals surface area contributed by atoms with Crippen LogP contribution in [-0.4, -0.2) is 61.3 Å². The van der Waals surface area contributed by atoms with E-state index in [9.17, 15) is 13.2 Å². The van der Waals surface area contributed by atoms with Crippen LogP contribution in [0, 0.1) is 12.8 Å². The molecule has 3 aliphatic rings. The Balaban J connectivity index is 1.36. The summed E-state index contributed by atoms with van der Waals surface area (Å²) in [5.74, 6) is 1.80. The van der Waals surface area contributed by atoms with Gasteiger partial charge in [-0.2, -0.15) is 4.98 Å². The third kappa shape index (κ3) is 3.40. The van der Waals surface area contributed by atoms with E-state index in [0.29, 0.717) is 37.6 Å². The molecule has 9 nitrogen and oxygen atoms in total. The first-order valence-corrected chi connectivity index (χ1v) is 12.7. The molecule has 1 N–H and O–H groups in total. The van der Waals surface area contributed by atoms with E-state index in [1.54, 1.807) is 14.0 Å². The van der Waals surface area contributed by atoms with Crippen LogP contribution in [0.25, 0.3) is 0 Å². The molecule has 0 radical (unpaired) electrons. The zero-order chi connectivity index (χ0) is 22.7. The molecule has 10 heteroatoms. The number of carbonyl (C=O) groups excluding carboxylic acids is 1. The van der Waals surface area contributed by atoms with Gasteiger partial charge in [0.15, 0.2) is 5.82 Å². The summed E-state index contributed by atoms with van der Waals surface area (Å²) < 4.78 is 36.7. The Morgan fingerprint density at radius 2 is 2.00 bits per heavy atom. The summed E-state index contributed by atoms with van der Waals surface area (Å²) in [6.45, 7) is 2.45. The van der Waals surface area contributed by atoms with Crippen LogP contribution >= 0.6 is 0 Å². The second kappa shape index (κ2) is 7.28. The second-order valence-electron chi connectivity index (χ2n) is 9.48. The number of hydrogen-bond acceptors (Lipinski definition) is 7. The first-order valence-electron chi connectivity index (χ1n) is 10.9. The van der Waals surface area contributed by atoms with Gasteiger partial charge in [-0.3, -0.25) is 4.79 Å². The zero-order valence-corrected chi connectivity index (χ0v) is 19.3. The molecule has 0 bridgehead atoms. The van der Waals surface area contributed by atoms with Crippen molar-refractivity contribution in [2.75, 3.05) is 26.5 Å². The number of benzene rings is 1. The molecule has 32 heavy (non-hydrogen) atoms. The molecule has 1 amide bonds. The fourth-order valence-corrected chi connectivity index (χ4v) is 6.44. The van der Waals surface area contributed by atoms with E-state index in [4.69, 9.17) is 9.26 Å². The van der Waals surface area contributed by atoms with E-state index in [0.717, 1.165) is 24.2 Å². The minimum Gasteiger partial charge on any atom is -0.497 e. The average molecular weight is 461 g/mol. The largest absolute Gasteiger partial charge is 0.497 e. The maximum atomic E-state index is 13.3. The molecule has 0 spiro atoms. The predicted molar refractivity (Wildman–Crippen MR) is 116 cm³/mol. The third-order valence-electron chi connectivity index (χ3n) is 7.43. The number of nitrogens with zero attached hydrogens (tertiary/aromatic N) is 3. The van der Waals surface area contributed by atoms with E-state index in [2.05, 4.69) is 15.5 Å². The fraction of sp³-hybridized carbons (Fsp3) is 0.591. The second-order valence-corrected chi connectivity index (χ2v) is 11.5. The van der Waals surface area contributed by atoms with Gasteiger partial charge < -0.3 is 14.6 Å². The van der Waals surface area contributed by atoms with Crippen molar-refractivity contribution in [1.29, 1.82) is 0 Å². The Kier molecular flexibility index (Phi) is 4.86. The highest BCUT2D eigenvalue weighted by atomic mass is 32.2. The van der Waals surface area contributed by atoms with Gasteiger partial charge in [0.05, 0.1) is 24.2 Å². The molecular weight excluding hydrogens is 432 g/mol. The smallest absolute Gasteiger partial charge is 0.234 e. The van der Waals surface area contributed by atoms with Gasteiger partial charge in [-0.1, -0.05) is 17.3 Å². The summed E-state index contributed by atoms with van der Waals surface area (Å²) in [6, 6.07) is 7.62. The molecule has 1 aliphatic heterocycles. The van der Waals surface area contributed by atoms with Crippen LogP contribution in [0.1, 0.15) is 43.0 Å². The maximum absolute atomic E-state index is 13.3. The van der Waals surface area contributed by atoms with Crippen molar-refractivity contribution in [3.63, 3.8) is 0 Å². The predicted octanol–water partition coefficient (Wildman–Crippen LogP) is 1.53. The zero-order valence-electron chi connectivity index (χ0n) is 18.5. The van der Waals surface area contributed by atoms with E-state index in [1.807, 2.05) is 24.3 Å². The van der Waals surface area contributed by atoms with Gasteiger partial charge in [0, 0.05) is 19.1 Å². The number of carbonyl (C=O) groups is 1. The summed E-state index contributed by atoms with van der Waals surface area (Å²) in [6.07, 6.45) is 4.12. The number of amides is 1. The molecule has 1 unspecified atom stereocenters. The SMILES string of the molecule is COc1ccc(C2(C(=O)N[C@@H]3CC4CN(S(C)(=O)=O)C[C@@]4(c4nc(C)no4)C3)CC2)cc1. The summed E-state index contributed by atoms with van der Waals surface area (Å²) in [7, 11) is -1.71. The van der Waals surface area contributed by atoms with Crippen LogP contribution in [0.15, 0.2) is 28.8 Å². The number of aromatic nitrogens is 2. The lowest BCUT2D eigenvalue weighted by molar-refractivity contribution is -0.124. The molecule has 2 aliphatic carbocycles. The summed E-state index contributed by atoms with van der Waals surface area (Å²) in [4.78, 5) is 17.8. The number of rotatable bonds is 6. The molecule has 1 aromatic heterocycles. The van der Waals surface area contributed by atoms with Gasteiger partial charge in [0.2, 0.25) is 21.8 Å². The molecule has 3 atom stereocenters. The van der Waals surface area contributed by atoms with Gasteiger partial charge >= 0.3 is 0 Å². The Labute approximate surface area is 187 Å². The van der Waals surface area contributed by atoms with Crippen molar-refractivity contribution >= 4 is 15.9 Å². The van der Waals surface area contributed by atoms with Gasteiger partial charge in [0.25, 0.3) is 0 Å². The number of ether oxygens (including phenoxy) is 1. The monoisotopic (exact) mass is 460 g/mol. The van der Waals surface area contributed by atoms with Crippen molar-refractivity contribution in [2.24, 2.45) is 5.92 Å². The summed E-state index contributed by atoms with van der Waals surface area (Å²) in [5.41, 5.74) is -0.0599. The van der Waals surface area contributed by atoms with E-state index < -0.39 is 20.9 Å². The van der Waals surface area contributed by atoms with Gasteiger partial charge in [0.1, 0.15) is 5.75 Å². The van der Waals surface area contributed by atoms with Crippen molar-refractivity contribution < 1.29 is 22.5 Å². The van der Waals surface area contributed by atoms with E-state index in [-0.39, 0.29) is 17.9 Å². The standard InChI is InChI=1S/C22H28N4O5S/c1-14-23-20(31-25-14)22-11-17(10-16(22)12-26(13-22)32(3,28)29)24-19(27)21(8-9-21)15-4-6-18(30-2)7-5-15/h4-7,16-17H,8-13H2,1-3H3,(H,24,27)/t16?,17-,22+/m1/s1. The van der Waals surface area contributed by atoms with Crippen molar-refractivity contribution in [3.8, 4) is 5.75 Å². The number of fused-ring (bicyclic) bond motifs is 1. The lowest BCUT2D eigenvalue weighted by atomic mass is 9.80. The lowest BCUT2D eigenvalue weighted by Gasteiger charge is -2.25. The molecule has 172 valence electrons. The highest BCUT2D eigenvalue weighted by Gasteiger charge is 2.60. The molecule has 2 saturated carbocycles. The molecule has 1 saturated heterocycles. The molecule has 5 rings (SSSR count). The maximum Gasteiger partial charge on any atom is 0.234 e. The first kappa shape index (κ1) is 21.4. The van der Waals surface area contributed by atoms with Crippen LogP contribution in [-0.2, 0) is 25.6 Å². The normalized spacial score (nSPS) is 29.0. The van der Waals surface area contributed by atoms with E-state index >= 15 is 0 Å². The molecule has 3 fully saturated rings. The first-order chi connectivity index (χ1) is 15.2. The minimum atomic E-state index is -3.33. The molecule has 2 heterocycles.